The van der Waals surface area contributed by atoms with Gasteiger partial charge >= 0.3 is 0 Å². The molecule has 0 amide bonds. The number of furan rings is 1. The van der Waals surface area contributed by atoms with Gasteiger partial charge in [0.2, 0.25) is 0 Å². The molecule has 0 radical (unpaired) electrons. The largest absolute Gasteiger partial charge is 0.459 e. The number of nitrogens with zero attached hydrogens (tertiary/aromatic N) is 3. The first-order valence-corrected chi connectivity index (χ1v) is 7.63. The van der Waals surface area contributed by atoms with Crippen LogP contribution in [0.4, 0.5) is 0 Å². The Kier molecular flexibility index (Phi) is 3.82. The van der Waals surface area contributed by atoms with Crippen LogP contribution in [0.5, 0.6) is 0 Å². The van der Waals surface area contributed by atoms with Gasteiger partial charge in [-0.05, 0) is 38.1 Å². The van der Waals surface area contributed by atoms with E-state index in [0.29, 0.717) is 0 Å². The van der Waals surface area contributed by atoms with Gasteiger partial charge in [0.1, 0.15) is 23.5 Å². The van der Waals surface area contributed by atoms with E-state index in [-0.39, 0.29) is 12.1 Å². The number of aryl methyl sites for hydroxylation is 1. The number of fused-ring (bicyclic) bond motifs is 1. The fourth-order valence-electron chi connectivity index (χ4n) is 2.46. The van der Waals surface area contributed by atoms with Gasteiger partial charge in [-0.1, -0.05) is 15.9 Å². The quantitative estimate of drug-likeness (QED) is 0.780. The molecule has 2 atom stereocenters. The second kappa shape index (κ2) is 5.61. The zero-order chi connectivity index (χ0) is 15.0. The average molecular weight is 349 g/mol. The molecule has 110 valence electrons. The molecule has 1 aromatic carbocycles. The molecule has 0 aliphatic rings. The van der Waals surface area contributed by atoms with Crippen LogP contribution >= 0.6 is 15.9 Å². The van der Waals surface area contributed by atoms with Gasteiger partial charge in [-0.2, -0.15) is 0 Å². The molecule has 21 heavy (non-hydrogen) atoms. The summed E-state index contributed by atoms with van der Waals surface area (Å²) in [6, 6.07) is 8.26. The second-order valence-electron chi connectivity index (χ2n) is 5.24. The van der Waals surface area contributed by atoms with Crippen molar-refractivity contribution < 1.29 is 4.42 Å². The van der Waals surface area contributed by atoms with Gasteiger partial charge in [-0.3, -0.25) is 5.32 Å². The Morgan fingerprint density at radius 1 is 1.24 bits per heavy atom. The molecule has 6 heteroatoms. The highest BCUT2D eigenvalue weighted by atomic mass is 79.9. The Bertz CT molecular complexity index is 764. The van der Waals surface area contributed by atoms with Crippen molar-refractivity contribution in [3.8, 4) is 0 Å². The van der Waals surface area contributed by atoms with E-state index in [9.17, 15) is 0 Å². The van der Waals surface area contributed by atoms with E-state index in [1.807, 2.05) is 23.7 Å². The van der Waals surface area contributed by atoms with Gasteiger partial charge in [-0.25, -0.2) is 0 Å². The summed E-state index contributed by atoms with van der Waals surface area (Å²) in [6.07, 6.45) is 1.71. The molecule has 0 aliphatic heterocycles. The summed E-state index contributed by atoms with van der Waals surface area (Å²) in [5.74, 6) is 1.82. The maximum absolute atomic E-state index is 5.91. The standard InChI is InChI=1S/C15H17BrN4O/c1-9(18-10(2)15-19-17-8-20(15)3)14-7-11-6-12(16)4-5-13(11)21-14/h4-10,18H,1-3H3. The third kappa shape index (κ3) is 2.87. The molecule has 0 fully saturated rings. The fraction of sp³-hybridized carbons (Fsp3) is 0.333. The summed E-state index contributed by atoms with van der Waals surface area (Å²) in [6.45, 7) is 4.15. The molecule has 0 spiro atoms. The monoisotopic (exact) mass is 348 g/mol. The van der Waals surface area contributed by atoms with Crippen molar-refractivity contribution >= 4 is 26.9 Å². The van der Waals surface area contributed by atoms with E-state index in [4.69, 9.17) is 4.42 Å². The highest BCUT2D eigenvalue weighted by Gasteiger charge is 2.17. The smallest absolute Gasteiger partial charge is 0.149 e. The number of benzene rings is 1. The number of hydrogen-bond acceptors (Lipinski definition) is 4. The van der Waals surface area contributed by atoms with Crippen molar-refractivity contribution in [3.63, 3.8) is 0 Å². The summed E-state index contributed by atoms with van der Waals surface area (Å²) < 4.78 is 8.88. The Hall–Kier alpha value is -1.66. The minimum absolute atomic E-state index is 0.0860. The van der Waals surface area contributed by atoms with Crippen LogP contribution in [-0.4, -0.2) is 14.8 Å². The van der Waals surface area contributed by atoms with Gasteiger partial charge in [0, 0.05) is 16.9 Å². The number of hydrogen-bond donors (Lipinski definition) is 1. The molecule has 0 saturated heterocycles. The van der Waals surface area contributed by atoms with Gasteiger partial charge < -0.3 is 8.98 Å². The normalized spacial score (nSPS) is 14.5. The molecular weight excluding hydrogens is 332 g/mol. The highest BCUT2D eigenvalue weighted by molar-refractivity contribution is 9.10. The van der Waals surface area contributed by atoms with E-state index in [1.165, 1.54) is 0 Å². The third-order valence-electron chi connectivity index (χ3n) is 3.56. The van der Waals surface area contributed by atoms with Gasteiger partial charge in [0.15, 0.2) is 0 Å². The summed E-state index contributed by atoms with van der Waals surface area (Å²) in [5, 5.41) is 12.6. The molecule has 3 rings (SSSR count). The van der Waals surface area contributed by atoms with Crippen LogP contribution in [0.3, 0.4) is 0 Å². The van der Waals surface area contributed by atoms with Crippen molar-refractivity contribution in [2.45, 2.75) is 25.9 Å². The molecule has 3 aromatic rings. The maximum atomic E-state index is 5.91. The number of aromatic nitrogens is 3. The highest BCUT2D eigenvalue weighted by Crippen LogP contribution is 2.27. The summed E-state index contributed by atoms with van der Waals surface area (Å²) in [5.41, 5.74) is 0.896. The van der Waals surface area contributed by atoms with Crippen molar-refractivity contribution in [2.24, 2.45) is 7.05 Å². The van der Waals surface area contributed by atoms with E-state index >= 15 is 0 Å². The molecule has 2 unspecified atom stereocenters. The summed E-state index contributed by atoms with van der Waals surface area (Å²) in [7, 11) is 1.94. The van der Waals surface area contributed by atoms with Crippen LogP contribution in [-0.2, 0) is 7.05 Å². The Balaban J connectivity index is 1.80. The van der Waals surface area contributed by atoms with Crippen LogP contribution < -0.4 is 5.32 Å². The molecule has 2 heterocycles. The minimum Gasteiger partial charge on any atom is -0.459 e. The molecule has 2 aromatic heterocycles. The molecule has 0 aliphatic carbocycles. The lowest BCUT2D eigenvalue weighted by molar-refractivity contribution is 0.404. The molecule has 1 N–H and O–H groups in total. The molecular formula is C15H17BrN4O. The van der Waals surface area contributed by atoms with Crippen LogP contribution in [0.25, 0.3) is 11.0 Å². The van der Waals surface area contributed by atoms with E-state index in [0.717, 1.165) is 27.0 Å². The topological polar surface area (TPSA) is 55.9 Å². The lowest BCUT2D eigenvalue weighted by Crippen LogP contribution is -2.24. The third-order valence-corrected chi connectivity index (χ3v) is 4.05. The SMILES string of the molecule is CC(NC(C)c1nncn1C)c1cc2cc(Br)ccc2o1. The molecule has 0 bridgehead atoms. The van der Waals surface area contributed by atoms with Gasteiger partial charge in [0.25, 0.3) is 0 Å². The fourth-order valence-corrected chi connectivity index (χ4v) is 2.84. The van der Waals surface area contributed by atoms with E-state index in [1.54, 1.807) is 6.33 Å². The predicted molar refractivity (Wildman–Crippen MR) is 84.9 cm³/mol. The van der Waals surface area contributed by atoms with Crippen LogP contribution in [0.2, 0.25) is 0 Å². The van der Waals surface area contributed by atoms with E-state index in [2.05, 4.69) is 57.4 Å². The van der Waals surface area contributed by atoms with Crippen molar-refractivity contribution in [2.75, 3.05) is 0 Å². The van der Waals surface area contributed by atoms with Gasteiger partial charge in [0.05, 0.1) is 12.1 Å². The lowest BCUT2D eigenvalue weighted by Gasteiger charge is -2.17. The Morgan fingerprint density at radius 3 is 2.76 bits per heavy atom. The minimum atomic E-state index is 0.0860. The Labute approximate surface area is 131 Å². The lowest BCUT2D eigenvalue weighted by atomic mass is 10.2. The second-order valence-corrected chi connectivity index (χ2v) is 6.16. The first-order chi connectivity index (χ1) is 10.0. The van der Waals surface area contributed by atoms with Crippen LogP contribution in [0.1, 0.15) is 37.5 Å². The first-order valence-electron chi connectivity index (χ1n) is 6.83. The Morgan fingerprint density at radius 2 is 2.05 bits per heavy atom. The zero-order valence-electron chi connectivity index (χ0n) is 12.2. The number of rotatable bonds is 4. The van der Waals surface area contributed by atoms with Gasteiger partial charge in [-0.15, -0.1) is 10.2 Å². The zero-order valence-corrected chi connectivity index (χ0v) is 13.8. The maximum Gasteiger partial charge on any atom is 0.149 e. The summed E-state index contributed by atoms with van der Waals surface area (Å²) >= 11 is 3.48. The van der Waals surface area contributed by atoms with E-state index < -0.39 is 0 Å². The van der Waals surface area contributed by atoms with Crippen molar-refractivity contribution in [1.82, 2.24) is 20.1 Å². The number of nitrogens with one attached hydrogen (secondary N) is 1. The molecule has 5 nitrogen and oxygen atoms in total. The molecule has 0 saturated carbocycles. The first kappa shape index (κ1) is 14.3. The number of halogens is 1. The summed E-state index contributed by atoms with van der Waals surface area (Å²) in [4.78, 5) is 0. The average Bonchev–Trinajstić information content (AvgIpc) is 3.04. The van der Waals surface area contributed by atoms with Crippen LogP contribution in [0.15, 0.2) is 39.5 Å². The van der Waals surface area contributed by atoms with Crippen molar-refractivity contribution in [3.05, 3.63) is 46.7 Å². The van der Waals surface area contributed by atoms with Crippen molar-refractivity contribution in [1.29, 1.82) is 0 Å². The predicted octanol–water partition coefficient (Wildman–Crippen LogP) is 3.74. The van der Waals surface area contributed by atoms with Crippen LogP contribution in [0, 0.1) is 0 Å².